The van der Waals surface area contributed by atoms with Crippen molar-refractivity contribution in [3.05, 3.63) is 27.7 Å². The summed E-state index contributed by atoms with van der Waals surface area (Å²) in [4.78, 5) is 16.1. The molecule has 0 saturated heterocycles. The molecule has 102 valence electrons. The van der Waals surface area contributed by atoms with Gasteiger partial charge in [0.25, 0.3) is 0 Å². The minimum absolute atomic E-state index is 0.506. The van der Waals surface area contributed by atoms with Gasteiger partial charge in [0.05, 0.1) is 20.6 Å². The summed E-state index contributed by atoms with van der Waals surface area (Å²) in [6.07, 6.45) is 1.75. The number of thiazole rings is 1. The smallest absolute Gasteiger partial charge is 0.310 e. The topological polar surface area (TPSA) is 50.2 Å². The molecule has 0 aliphatic heterocycles. The number of fused-ring (bicyclic) bond motifs is 1. The third-order valence-corrected chi connectivity index (χ3v) is 5.20. The highest BCUT2D eigenvalue weighted by atomic mass is 79.9. The first-order chi connectivity index (χ1) is 9.00. The Morgan fingerprint density at radius 3 is 2.68 bits per heavy atom. The third kappa shape index (κ3) is 2.82. The summed E-state index contributed by atoms with van der Waals surface area (Å²) in [6, 6.07) is 5.94. The Kier molecular flexibility index (Phi) is 4.26. The number of aromatic nitrogens is 1. The zero-order valence-electron chi connectivity index (χ0n) is 10.9. The van der Waals surface area contributed by atoms with E-state index in [9.17, 15) is 9.90 Å². The molecule has 0 aliphatic carbocycles. The van der Waals surface area contributed by atoms with Crippen LogP contribution in [0.25, 0.3) is 10.2 Å². The van der Waals surface area contributed by atoms with Crippen molar-refractivity contribution in [3.63, 3.8) is 0 Å². The summed E-state index contributed by atoms with van der Waals surface area (Å²) < 4.78 is 2.11. The van der Waals surface area contributed by atoms with Gasteiger partial charge in [-0.2, -0.15) is 0 Å². The van der Waals surface area contributed by atoms with E-state index in [4.69, 9.17) is 0 Å². The van der Waals surface area contributed by atoms with Crippen molar-refractivity contribution < 1.29 is 9.90 Å². The van der Waals surface area contributed by atoms with E-state index in [2.05, 4.69) is 20.9 Å². The molecule has 2 rings (SSSR count). The van der Waals surface area contributed by atoms with Crippen molar-refractivity contribution in [2.45, 2.75) is 33.1 Å². The molecule has 19 heavy (non-hydrogen) atoms. The van der Waals surface area contributed by atoms with Gasteiger partial charge in [-0.1, -0.05) is 29.8 Å². The number of carboxylic acids is 1. The molecule has 1 aromatic heterocycles. The molecule has 1 heterocycles. The second kappa shape index (κ2) is 5.59. The van der Waals surface area contributed by atoms with Crippen molar-refractivity contribution >= 4 is 43.5 Å². The maximum absolute atomic E-state index is 11.5. The monoisotopic (exact) mass is 341 g/mol. The largest absolute Gasteiger partial charge is 0.481 e. The van der Waals surface area contributed by atoms with Crippen molar-refractivity contribution in [3.8, 4) is 0 Å². The van der Waals surface area contributed by atoms with Gasteiger partial charge in [0.1, 0.15) is 0 Å². The summed E-state index contributed by atoms with van der Waals surface area (Å²) in [5, 5.41) is 10.4. The van der Waals surface area contributed by atoms with E-state index in [1.165, 1.54) is 0 Å². The average molecular weight is 342 g/mol. The zero-order valence-corrected chi connectivity index (χ0v) is 13.3. The van der Waals surface area contributed by atoms with E-state index in [0.717, 1.165) is 19.7 Å². The van der Waals surface area contributed by atoms with Crippen molar-refractivity contribution in [1.29, 1.82) is 0 Å². The molecule has 0 bridgehead atoms. The average Bonchev–Trinajstić information content (AvgIpc) is 2.77. The number of benzene rings is 1. The Hall–Kier alpha value is -0.940. The van der Waals surface area contributed by atoms with Crippen LogP contribution in [0, 0.1) is 5.41 Å². The summed E-state index contributed by atoms with van der Waals surface area (Å²) in [5.41, 5.74) is 0.250. The molecule has 1 N–H and O–H groups in total. The molecule has 0 unspecified atom stereocenters. The van der Waals surface area contributed by atoms with Crippen LogP contribution in [-0.4, -0.2) is 16.1 Å². The minimum Gasteiger partial charge on any atom is -0.481 e. The van der Waals surface area contributed by atoms with Gasteiger partial charge in [-0.05, 0) is 31.0 Å². The standard InChI is InChI=1S/C14H16BrNO2S/c1-3-14(4-2,13(17)18)8-12-16-10-6-5-9(15)7-11(10)19-12/h5-7H,3-4,8H2,1-2H3,(H,17,18). The molecule has 0 fully saturated rings. The first-order valence-corrected chi connectivity index (χ1v) is 7.90. The van der Waals surface area contributed by atoms with Gasteiger partial charge in [0.2, 0.25) is 0 Å². The van der Waals surface area contributed by atoms with Crippen LogP contribution >= 0.6 is 27.3 Å². The number of rotatable bonds is 5. The first-order valence-electron chi connectivity index (χ1n) is 6.29. The quantitative estimate of drug-likeness (QED) is 0.871. The molecule has 2 aromatic rings. The molecule has 0 saturated carbocycles. The lowest BCUT2D eigenvalue weighted by Gasteiger charge is -2.25. The van der Waals surface area contributed by atoms with Crippen LogP contribution in [0.5, 0.6) is 0 Å². The summed E-state index contributed by atoms with van der Waals surface area (Å²) in [6.45, 7) is 3.86. The van der Waals surface area contributed by atoms with E-state index in [1.54, 1.807) is 11.3 Å². The van der Waals surface area contributed by atoms with Crippen molar-refractivity contribution in [1.82, 2.24) is 4.98 Å². The number of aliphatic carboxylic acids is 1. The second-order valence-electron chi connectivity index (χ2n) is 4.69. The Labute approximate surface area is 124 Å². The minimum atomic E-state index is -0.724. The van der Waals surface area contributed by atoms with Gasteiger partial charge in [0, 0.05) is 10.9 Å². The molecule has 0 aliphatic rings. The molecule has 0 amide bonds. The van der Waals surface area contributed by atoms with Crippen molar-refractivity contribution in [2.24, 2.45) is 5.41 Å². The first kappa shape index (κ1) is 14.5. The lowest BCUT2D eigenvalue weighted by Crippen LogP contribution is -2.32. The fraction of sp³-hybridized carbons (Fsp3) is 0.429. The number of hydrogen-bond acceptors (Lipinski definition) is 3. The predicted molar refractivity (Wildman–Crippen MR) is 81.7 cm³/mol. The molecule has 1 aromatic carbocycles. The number of hydrogen-bond donors (Lipinski definition) is 1. The molecule has 0 radical (unpaired) electrons. The number of nitrogens with zero attached hydrogens (tertiary/aromatic N) is 1. The molecule has 5 heteroatoms. The highest BCUT2D eigenvalue weighted by Crippen LogP contribution is 2.34. The van der Waals surface area contributed by atoms with E-state index in [-0.39, 0.29) is 0 Å². The van der Waals surface area contributed by atoms with Crippen LogP contribution in [0.4, 0.5) is 0 Å². The number of halogens is 1. The normalized spacial score (nSPS) is 11.9. The summed E-state index contributed by atoms with van der Waals surface area (Å²) >= 11 is 5.02. The third-order valence-electron chi connectivity index (χ3n) is 3.69. The van der Waals surface area contributed by atoms with Crippen LogP contribution in [0.1, 0.15) is 31.7 Å². The van der Waals surface area contributed by atoms with Crippen LogP contribution in [0.15, 0.2) is 22.7 Å². The van der Waals surface area contributed by atoms with Crippen LogP contribution in [0.2, 0.25) is 0 Å². The van der Waals surface area contributed by atoms with Gasteiger partial charge >= 0.3 is 5.97 Å². The van der Waals surface area contributed by atoms with E-state index < -0.39 is 11.4 Å². The number of carboxylic acid groups (broad SMARTS) is 1. The fourth-order valence-electron chi connectivity index (χ4n) is 2.19. The highest BCUT2D eigenvalue weighted by Gasteiger charge is 2.36. The van der Waals surface area contributed by atoms with Gasteiger partial charge < -0.3 is 5.11 Å². The Balaban J connectivity index is 2.36. The zero-order chi connectivity index (χ0) is 14.0. The van der Waals surface area contributed by atoms with Gasteiger partial charge in [-0.15, -0.1) is 11.3 Å². The van der Waals surface area contributed by atoms with Gasteiger partial charge in [0.15, 0.2) is 0 Å². The predicted octanol–water partition coefficient (Wildman–Crippen LogP) is 4.49. The van der Waals surface area contributed by atoms with E-state index in [1.807, 2.05) is 32.0 Å². The second-order valence-corrected chi connectivity index (χ2v) is 6.72. The molecule has 0 atom stereocenters. The lowest BCUT2D eigenvalue weighted by molar-refractivity contribution is -0.149. The maximum Gasteiger partial charge on any atom is 0.310 e. The Morgan fingerprint density at radius 1 is 1.42 bits per heavy atom. The summed E-state index contributed by atoms with van der Waals surface area (Å²) in [7, 11) is 0. The fourth-order valence-corrected chi connectivity index (χ4v) is 3.85. The molecule has 0 spiro atoms. The SMILES string of the molecule is CCC(CC)(Cc1nc2ccc(Br)cc2s1)C(=O)O. The van der Waals surface area contributed by atoms with E-state index in [0.29, 0.717) is 19.3 Å². The number of carbonyl (C=O) groups is 1. The lowest BCUT2D eigenvalue weighted by atomic mass is 9.79. The van der Waals surface area contributed by atoms with Crippen LogP contribution in [0.3, 0.4) is 0 Å². The van der Waals surface area contributed by atoms with E-state index >= 15 is 0 Å². The van der Waals surface area contributed by atoms with Gasteiger partial charge in [-0.25, -0.2) is 4.98 Å². The van der Waals surface area contributed by atoms with Crippen molar-refractivity contribution in [2.75, 3.05) is 0 Å². The van der Waals surface area contributed by atoms with Crippen LogP contribution in [-0.2, 0) is 11.2 Å². The molecule has 3 nitrogen and oxygen atoms in total. The maximum atomic E-state index is 11.5. The summed E-state index contributed by atoms with van der Waals surface area (Å²) in [5.74, 6) is -0.724. The van der Waals surface area contributed by atoms with Gasteiger partial charge in [-0.3, -0.25) is 4.79 Å². The molecular weight excluding hydrogens is 326 g/mol. The molecular formula is C14H16BrNO2S. The highest BCUT2D eigenvalue weighted by molar-refractivity contribution is 9.10. The Morgan fingerprint density at radius 2 is 2.11 bits per heavy atom. The van der Waals surface area contributed by atoms with Crippen LogP contribution < -0.4 is 0 Å². The Bertz CT molecular complexity index is 605.